The van der Waals surface area contributed by atoms with Crippen molar-refractivity contribution >= 4 is 18.0 Å². The van der Waals surface area contributed by atoms with Gasteiger partial charge in [0.15, 0.2) is 6.29 Å². The van der Waals surface area contributed by atoms with Gasteiger partial charge in [0.1, 0.15) is 23.4 Å². The number of hydrogen-bond donors (Lipinski definition) is 2. The van der Waals surface area contributed by atoms with Gasteiger partial charge >= 0.3 is 5.97 Å². The van der Waals surface area contributed by atoms with Crippen LogP contribution in [0.5, 0.6) is 11.5 Å². The quantitative estimate of drug-likeness (QED) is 0.290. The molecule has 2 N–H and O–H groups in total. The van der Waals surface area contributed by atoms with E-state index in [1.807, 2.05) is 26.8 Å². The average molecular weight is 459 g/mol. The van der Waals surface area contributed by atoms with Gasteiger partial charge in [-0.25, -0.2) is 0 Å². The third-order valence-electron chi connectivity index (χ3n) is 7.66. The monoisotopic (exact) mass is 458 g/mol. The molecule has 1 fully saturated rings. The molecule has 0 spiro atoms. The summed E-state index contributed by atoms with van der Waals surface area (Å²) >= 11 is 0. The SMILES string of the molecule is CCCC(=O)O[C@H](C[C@@]1(C)[C@H](C)CCC(=O)[C@@H]1C)/C(C)=C/Cc1c(O)cc(C)c(C=O)c1O. The van der Waals surface area contributed by atoms with Gasteiger partial charge < -0.3 is 14.9 Å². The van der Waals surface area contributed by atoms with E-state index in [1.54, 1.807) is 6.92 Å². The van der Waals surface area contributed by atoms with Gasteiger partial charge in [0, 0.05) is 24.3 Å². The molecule has 0 amide bonds. The van der Waals surface area contributed by atoms with E-state index in [9.17, 15) is 24.6 Å². The van der Waals surface area contributed by atoms with Gasteiger partial charge in [-0.05, 0) is 68.1 Å². The summed E-state index contributed by atoms with van der Waals surface area (Å²) in [5.74, 6) is -0.214. The number of allylic oxidation sites excluding steroid dienone is 1. The maximum atomic E-state index is 12.5. The Hall–Kier alpha value is -2.63. The number of phenols is 2. The third kappa shape index (κ3) is 5.84. The number of carbonyl (C=O) groups is 3. The molecule has 0 saturated heterocycles. The molecule has 0 aliphatic heterocycles. The molecule has 33 heavy (non-hydrogen) atoms. The Labute approximate surface area is 197 Å². The maximum Gasteiger partial charge on any atom is 0.306 e. The summed E-state index contributed by atoms with van der Waals surface area (Å²) in [5.41, 5.74) is 1.36. The fourth-order valence-electron chi connectivity index (χ4n) is 4.78. The highest BCUT2D eigenvalue weighted by Crippen LogP contribution is 2.48. The van der Waals surface area contributed by atoms with Crippen LogP contribution in [-0.4, -0.2) is 34.4 Å². The molecule has 1 saturated carbocycles. The molecule has 0 radical (unpaired) electrons. The summed E-state index contributed by atoms with van der Waals surface area (Å²) in [6, 6.07) is 1.46. The van der Waals surface area contributed by atoms with E-state index in [0.29, 0.717) is 43.5 Å². The fourth-order valence-corrected chi connectivity index (χ4v) is 4.78. The van der Waals surface area contributed by atoms with Crippen LogP contribution in [0.2, 0.25) is 0 Å². The summed E-state index contributed by atoms with van der Waals surface area (Å²) < 4.78 is 5.87. The molecule has 2 rings (SSSR count). The fraction of sp³-hybridized carbons (Fsp3) is 0.593. The Morgan fingerprint density at radius 2 is 2.00 bits per heavy atom. The lowest BCUT2D eigenvalue weighted by atomic mass is 9.59. The number of rotatable bonds is 9. The number of phenolic OH excluding ortho intramolecular Hbond substituents is 2. The number of Topliss-reactive ketones (excluding diaryl/α,β-unsaturated/α-hetero) is 1. The van der Waals surface area contributed by atoms with Crippen LogP contribution in [0.1, 0.15) is 88.2 Å². The first-order valence-corrected chi connectivity index (χ1v) is 11.8. The first kappa shape index (κ1) is 26.6. The van der Waals surface area contributed by atoms with Crippen LogP contribution in [0.4, 0.5) is 0 Å². The molecule has 1 aliphatic rings. The molecular formula is C27H38O6. The average Bonchev–Trinajstić information content (AvgIpc) is 2.74. The zero-order chi connectivity index (χ0) is 24.9. The Bertz CT molecular complexity index is 931. The Balaban J connectivity index is 2.37. The standard InChI is InChI=1S/C27H38O6/c1-7-8-25(31)33-24(14-27(6)18(4)10-12-22(29)19(27)5)16(2)9-11-20-23(30)13-17(3)21(15-28)26(20)32/h9,13,15,18-19,24,30,32H,7-8,10-12,14H2,1-6H3/b16-9+/t18-,19+,24-,27+/m1/s1. The van der Waals surface area contributed by atoms with Gasteiger partial charge in [-0.3, -0.25) is 14.4 Å². The summed E-state index contributed by atoms with van der Waals surface area (Å²) in [7, 11) is 0. The molecule has 0 unspecified atom stereocenters. The minimum atomic E-state index is -0.523. The van der Waals surface area contributed by atoms with Crippen LogP contribution >= 0.6 is 0 Å². The number of carbonyl (C=O) groups excluding carboxylic acids is 3. The number of aromatic hydroxyl groups is 2. The highest BCUT2D eigenvalue weighted by atomic mass is 16.5. The van der Waals surface area contributed by atoms with Gasteiger partial charge in [0.05, 0.1) is 5.56 Å². The van der Waals surface area contributed by atoms with Crippen molar-refractivity contribution in [2.24, 2.45) is 17.3 Å². The molecule has 0 heterocycles. The van der Waals surface area contributed by atoms with Gasteiger partial charge in [-0.2, -0.15) is 0 Å². The first-order chi connectivity index (χ1) is 15.5. The van der Waals surface area contributed by atoms with E-state index in [2.05, 4.69) is 13.8 Å². The molecule has 1 aromatic rings. The van der Waals surface area contributed by atoms with E-state index in [4.69, 9.17) is 4.74 Å². The van der Waals surface area contributed by atoms with Crippen molar-refractivity contribution in [2.75, 3.05) is 0 Å². The van der Waals surface area contributed by atoms with E-state index in [0.717, 1.165) is 12.0 Å². The van der Waals surface area contributed by atoms with Crippen molar-refractivity contribution in [3.63, 3.8) is 0 Å². The predicted molar refractivity (Wildman–Crippen MR) is 127 cm³/mol. The first-order valence-electron chi connectivity index (χ1n) is 11.8. The topological polar surface area (TPSA) is 101 Å². The number of ketones is 1. The minimum absolute atomic E-state index is 0.0914. The normalized spacial score (nSPS) is 24.4. The molecule has 1 aromatic carbocycles. The lowest BCUT2D eigenvalue weighted by Crippen LogP contribution is -2.44. The lowest BCUT2D eigenvalue weighted by Gasteiger charge is -2.45. The Morgan fingerprint density at radius 1 is 1.33 bits per heavy atom. The molecule has 0 aromatic heterocycles. The van der Waals surface area contributed by atoms with Gasteiger partial charge in [0.2, 0.25) is 0 Å². The Kier molecular flexibility index (Phi) is 8.87. The van der Waals surface area contributed by atoms with Gasteiger partial charge in [0.25, 0.3) is 0 Å². The molecule has 4 atom stereocenters. The van der Waals surface area contributed by atoms with E-state index in [-0.39, 0.29) is 52.1 Å². The second-order valence-electron chi connectivity index (χ2n) is 9.79. The molecule has 6 heteroatoms. The van der Waals surface area contributed by atoms with Gasteiger partial charge in [-0.1, -0.05) is 33.8 Å². The maximum absolute atomic E-state index is 12.5. The van der Waals surface area contributed by atoms with E-state index < -0.39 is 6.10 Å². The van der Waals surface area contributed by atoms with Crippen LogP contribution in [0.25, 0.3) is 0 Å². The molecule has 6 nitrogen and oxygen atoms in total. The van der Waals surface area contributed by atoms with Gasteiger partial charge in [-0.15, -0.1) is 0 Å². The van der Waals surface area contributed by atoms with Crippen LogP contribution in [0.3, 0.4) is 0 Å². The van der Waals surface area contributed by atoms with Crippen molar-refractivity contribution in [3.8, 4) is 11.5 Å². The van der Waals surface area contributed by atoms with Crippen molar-refractivity contribution in [2.45, 2.75) is 86.2 Å². The van der Waals surface area contributed by atoms with Crippen molar-refractivity contribution in [1.29, 1.82) is 0 Å². The predicted octanol–water partition coefficient (Wildman–Crippen LogP) is 5.45. The van der Waals surface area contributed by atoms with Crippen LogP contribution < -0.4 is 0 Å². The molecule has 1 aliphatic carbocycles. The molecule has 182 valence electrons. The zero-order valence-corrected chi connectivity index (χ0v) is 20.7. The minimum Gasteiger partial charge on any atom is -0.508 e. The second kappa shape index (κ2) is 11.0. The summed E-state index contributed by atoms with van der Waals surface area (Å²) in [4.78, 5) is 36.2. The second-order valence-corrected chi connectivity index (χ2v) is 9.79. The zero-order valence-electron chi connectivity index (χ0n) is 20.7. The number of ether oxygens (including phenoxy) is 1. The van der Waals surface area contributed by atoms with Crippen molar-refractivity contribution in [1.82, 2.24) is 0 Å². The highest BCUT2D eigenvalue weighted by molar-refractivity contribution is 5.83. The lowest BCUT2D eigenvalue weighted by molar-refractivity contribution is -0.150. The largest absolute Gasteiger partial charge is 0.508 e. The summed E-state index contributed by atoms with van der Waals surface area (Å²) in [6.45, 7) is 11.6. The van der Waals surface area contributed by atoms with Crippen molar-refractivity contribution in [3.05, 3.63) is 34.4 Å². The van der Waals surface area contributed by atoms with Crippen LogP contribution in [-0.2, 0) is 20.7 Å². The highest BCUT2D eigenvalue weighted by Gasteiger charge is 2.45. The Morgan fingerprint density at radius 3 is 2.61 bits per heavy atom. The third-order valence-corrected chi connectivity index (χ3v) is 7.66. The molecular weight excluding hydrogens is 420 g/mol. The van der Waals surface area contributed by atoms with E-state index in [1.165, 1.54) is 6.07 Å². The number of aryl methyl sites for hydroxylation is 1. The number of esters is 1. The van der Waals surface area contributed by atoms with Crippen LogP contribution in [0.15, 0.2) is 17.7 Å². The van der Waals surface area contributed by atoms with E-state index >= 15 is 0 Å². The molecule has 0 bridgehead atoms. The van der Waals surface area contributed by atoms with Crippen LogP contribution in [0, 0.1) is 24.2 Å². The number of hydrogen-bond acceptors (Lipinski definition) is 6. The summed E-state index contributed by atoms with van der Waals surface area (Å²) in [6.07, 6.45) is 4.94. The number of benzene rings is 1. The smallest absolute Gasteiger partial charge is 0.306 e. The number of aldehydes is 1. The van der Waals surface area contributed by atoms with Crippen molar-refractivity contribution < 1.29 is 29.3 Å². The summed E-state index contributed by atoms with van der Waals surface area (Å²) in [5, 5.41) is 20.8.